The molecule has 0 aromatic carbocycles. The van der Waals surface area contributed by atoms with E-state index >= 15 is 0 Å². The standard InChI is InChI=1S/2C19H31N7O2.5C2H2O4/c2*1-3-28-14-13-26-17(23-16-5-4-6-21-18(16)26)15-25-11-9-24(10-12-25)8-7-22-19(27)20-2;5*3-1(4)2(5)6/h2*4-6H,3,7-15H2,1-2H3,(H2,20,22,27);5*(H,3,4)(H,5,6). The van der Waals surface area contributed by atoms with Crippen LogP contribution in [0.15, 0.2) is 36.7 Å². The van der Waals surface area contributed by atoms with Gasteiger partial charge in [0.1, 0.15) is 22.7 Å². The maximum absolute atomic E-state index is 11.2. The van der Waals surface area contributed by atoms with Gasteiger partial charge in [-0.25, -0.2) is 77.5 Å². The molecule has 38 heteroatoms. The Morgan fingerprint density at radius 1 is 0.430 bits per heavy atom. The predicted octanol–water partition coefficient (Wildman–Crippen LogP) is -3.19. The van der Waals surface area contributed by atoms with Crippen molar-refractivity contribution in [3.63, 3.8) is 0 Å². The van der Waals surface area contributed by atoms with E-state index in [-0.39, 0.29) is 12.1 Å². The number of ether oxygens (including phenoxy) is 2. The van der Waals surface area contributed by atoms with Gasteiger partial charge < -0.3 is 90.9 Å². The SMILES string of the molecule is CCOCCn1c(CN2CCN(CCNC(=O)NC)CC2)nc2cccnc21.CCOCCn1c(CN2CCN(CCNC(=O)NC)CC2)nc2cccnc21.O=C(O)C(=O)O.O=C(O)C(=O)O.O=C(O)C(=O)O.O=C(O)C(=O)O.O=C(O)C(=O)O. The van der Waals surface area contributed by atoms with Gasteiger partial charge in [0.15, 0.2) is 11.3 Å². The van der Waals surface area contributed by atoms with Crippen LogP contribution in [0.1, 0.15) is 25.5 Å². The first-order valence-corrected chi connectivity index (χ1v) is 25.5. The molecule has 0 saturated carbocycles. The number of fused-ring (bicyclic) bond motifs is 2. The quantitative estimate of drug-likeness (QED) is 0.0345. The molecule has 0 spiro atoms. The molecule has 14 N–H and O–H groups in total. The normalized spacial score (nSPS) is 12.8. The highest BCUT2D eigenvalue weighted by Crippen LogP contribution is 2.18. The van der Waals surface area contributed by atoms with Crippen molar-refractivity contribution in [1.82, 2.24) is 69.9 Å². The van der Waals surface area contributed by atoms with Crippen LogP contribution in [0.25, 0.3) is 22.3 Å². The lowest BCUT2D eigenvalue weighted by Crippen LogP contribution is -2.48. The molecule has 478 valence electrons. The van der Waals surface area contributed by atoms with E-state index in [2.05, 4.69) is 60.0 Å². The average molecular weight is 1230 g/mol. The van der Waals surface area contributed by atoms with Crippen LogP contribution in [-0.4, -0.2) is 291 Å². The molecule has 2 saturated heterocycles. The summed E-state index contributed by atoms with van der Waals surface area (Å²) in [5.41, 5.74) is 3.73. The summed E-state index contributed by atoms with van der Waals surface area (Å²) in [7, 11) is 3.26. The van der Waals surface area contributed by atoms with Gasteiger partial charge in [0.05, 0.1) is 26.3 Å². The fraction of sp³-hybridized carbons (Fsp3) is 0.500. The van der Waals surface area contributed by atoms with Crippen LogP contribution < -0.4 is 21.3 Å². The molecule has 0 bridgehead atoms. The Bertz CT molecular complexity index is 2510. The molecular formula is C48H72N14O24. The van der Waals surface area contributed by atoms with Gasteiger partial charge in [-0.2, -0.15) is 0 Å². The second kappa shape index (κ2) is 43.0. The van der Waals surface area contributed by atoms with E-state index in [0.717, 1.165) is 126 Å². The third-order valence-electron chi connectivity index (χ3n) is 10.9. The largest absolute Gasteiger partial charge is 0.473 e. The van der Waals surface area contributed by atoms with Crippen molar-refractivity contribution >= 4 is 94.1 Å². The van der Waals surface area contributed by atoms with E-state index in [1.807, 2.05) is 50.5 Å². The number of carbonyl (C=O) groups is 12. The van der Waals surface area contributed by atoms with Gasteiger partial charge >= 0.3 is 71.8 Å². The summed E-state index contributed by atoms with van der Waals surface area (Å²) in [4.78, 5) is 142. The lowest BCUT2D eigenvalue weighted by molar-refractivity contribution is -0.159. The number of amides is 4. The van der Waals surface area contributed by atoms with E-state index in [4.69, 9.17) is 118 Å². The minimum Gasteiger partial charge on any atom is -0.473 e. The number of pyridine rings is 2. The number of urea groups is 2. The Hall–Kier alpha value is -9.76. The van der Waals surface area contributed by atoms with Gasteiger partial charge in [0.25, 0.3) is 0 Å². The fourth-order valence-corrected chi connectivity index (χ4v) is 6.90. The lowest BCUT2D eigenvalue weighted by Gasteiger charge is -2.34. The number of rotatable bonds is 18. The topological polar surface area (TPSA) is 548 Å². The molecule has 0 atom stereocenters. The van der Waals surface area contributed by atoms with Gasteiger partial charge in [-0.1, -0.05) is 0 Å². The lowest BCUT2D eigenvalue weighted by atomic mass is 10.3. The van der Waals surface area contributed by atoms with Gasteiger partial charge in [-0.05, 0) is 38.1 Å². The summed E-state index contributed by atoms with van der Waals surface area (Å²) in [6, 6.07) is 7.63. The first-order valence-electron chi connectivity index (χ1n) is 25.5. The number of imidazole rings is 2. The van der Waals surface area contributed by atoms with Crippen LogP contribution in [0, 0.1) is 0 Å². The van der Waals surface area contributed by atoms with Crippen LogP contribution in [-0.2, 0) is 83.6 Å². The van der Waals surface area contributed by atoms with Crippen LogP contribution in [0.2, 0.25) is 0 Å². The summed E-state index contributed by atoms with van der Waals surface area (Å²) < 4.78 is 15.5. The minimum absolute atomic E-state index is 0.127. The Labute approximate surface area is 488 Å². The smallest absolute Gasteiger partial charge is 0.414 e. The number of piperazine rings is 2. The number of carboxylic acid groups (broad SMARTS) is 10. The molecule has 0 unspecified atom stereocenters. The number of aliphatic carboxylic acids is 10. The summed E-state index contributed by atoms with van der Waals surface area (Å²) in [6.07, 6.45) is 3.63. The highest BCUT2D eigenvalue weighted by molar-refractivity contribution is 6.28. The fourth-order valence-electron chi connectivity index (χ4n) is 6.90. The molecule has 0 radical (unpaired) electrons. The highest BCUT2D eigenvalue weighted by Gasteiger charge is 2.22. The van der Waals surface area contributed by atoms with Gasteiger partial charge in [-0.3, -0.25) is 19.6 Å². The number of nitrogens with zero attached hydrogens (tertiary/aromatic N) is 10. The number of carbonyl (C=O) groups excluding carboxylic acids is 2. The monoisotopic (exact) mass is 1230 g/mol. The average Bonchev–Trinajstić information content (AvgIpc) is 2.22. The first-order chi connectivity index (χ1) is 40.6. The van der Waals surface area contributed by atoms with Crippen LogP contribution in [0.4, 0.5) is 9.59 Å². The zero-order valence-corrected chi connectivity index (χ0v) is 47.3. The van der Waals surface area contributed by atoms with Crippen molar-refractivity contribution in [1.29, 1.82) is 0 Å². The van der Waals surface area contributed by atoms with Crippen molar-refractivity contribution in [2.75, 3.05) is 119 Å². The van der Waals surface area contributed by atoms with Crippen LogP contribution in [0.5, 0.6) is 0 Å². The molecule has 6 heterocycles. The number of aromatic nitrogens is 6. The molecule has 38 nitrogen and oxygen atoms in total. The van der Waals surface area contributed by atoms with Gasteiger partial charge in [0.2, 0.25) is 0 Å². The van der Waals surface area contributed by atoms with E-state index < -0.39 is 59.7 Å². The third kappa shape index (κ3) is 32.8. The summed E-state index contributed by atoms with van der Waals surface area (Å²) >= 11 is 0. The molecule has 4 amide bonds. The summed E-state index contributed by atoms with van der Waals surface area (Å²) in [6.45, 7) is 20.9. The van der Waals surface area contributed by atoms with Crippen molar-refractivity contribution < 1.29 is 118 Å². The van der Waals surface area contributed by atoms with Crippen molar-refractivity contribution in [2.24, 2.45) is 0 Å². The molecular weight excluding hydrogens is 1160 g/mol. The second-order valence-electron chi connectivity index (χ2n) is 16.7. The Morgan fingerprint density at radius 3 is 0.942 bits per heavy atom. The maximum atomic E-state index is 11.2. The number of hydrogen-bond acceptors (Lipinski definition) is 22. The van der Waals surface area contributed by atoms with E-state index in [9.17, 15) is 9.59 Å². The molecule has 4 aromatic heterocycles. The molecule has 4 aromatic rings. The van der Waals surface area contributed by atoms with Crippen molar-refractivity contribution in [3.8, 4) is 0 Å². The van der Waals surface area contributed by atoms with Crippen molar-refractivity contribution in [2.45, 2.75) is 40.0 Å². The molecule has 2 fully saturated rings. The summed E-state index contributed by atoms with van der Waals surface area (Å²) in [5, 5.41) is 84.7. The predicted molar refractivity (Wildman–Crippen MR) is 293 cm³/mol. The van der Waals surface area contributed by atoms with E-state index in [0.29, 0.717) is 39.5 Å². The Morgan fingerprint density at radius 2 is 0.698 bits per heavy atom. The van der Waals surface area contributed by atoms with Gasteiger partial charge in [0, 0.05) is 131 Å². The van der Waals surface area contributed by atoms with Crippen LogP contribution >= 0.6 is 0 Å². The zero-order valence-electron chi connectivity index (χ0n) is 47.3. The third-order valence-corrected chi connectivity index (χ3v) is 10.9. The van der Waals surface area contributed by atoms with Gasteiger partial charge in [-0.15, -0.1) is 0 Å². The second-order valence-corrected chi connectivity index (χ2v) is 16.7. The Kier molecular flexibility index (Phi) is 38.1. The molecule has 2 aliphatic heterocycles. The molecule has 6 rings (SSSR count). The Balaban J connectivity index is 0.00000114. The number of nitrogens with one attached hydrogen (secondary N) is 4. The zero-order chi connectivity index (χ0) is 65.3. The maximum Gasteiger partial charge on any atom is 0.414 e. The summed E-state index contributed by atoms with van der Waals surface area (Å²) in [5.74, 6) is -16.2. The highest BCUT2D eigenvalue weighted by atomic mass is 16.5. The number of hydrogen-bond donors (Lipinski definition) is 14. The molecule has 0 aliphatic carbocycles. The minimum atomic E-state index is -1.82. The van der Waals surface area contributed by atoms with E-state index in [1.165, 1.54) is 0 Å². The first kappa shape index (κ1) is 76.2. The van der Waals surface area contributed by atoms with Crippen LogP contribution in [0.3, 0.4) is 0 Å². The number of carboxylic acids is 10. The molecule has 86 heavy (non-hydrogen) atoms. The van der Waals surface area contributed by atoms with E-state index in [1.54, 1.807) is 14.1 Å². The molecule has 2 aliphatic rings. The van der Waals surface area contributed by atoms with Crippen molar-refractivity contribution in [3.05, 3.63) is 48.3 Å².